The van der Waals surface area contributed by atoms with Crippen molar-refractivity contribution < 1.29 is 4.79 Å². The fourth-order valence-corrected chi connectivity index (χ4v) is 1.60. The van der Waals surface area contributed by atoms with Crippen molar-refractivity contribution in [1.82, 2.24) is 4.98 Å². The zero-order valence-electron chi connectivity index (χ0n) is 7.50. The predicted octanol–water partition coefficient (Wildman–Crippen LogP) is 1.34. The van der Waals surface area contributed by atoms with E-state index in [0.29, 0.717) is 6.42 Å². The monoisotopic (exact) mass is 184 g/mol. The van der Waals surface area contributed by atoms with Crippen molar-refractivity contribution in [3.63, 3.8) is 0 Å². The molecule has 0 N–H and O–H groups in total. The van der Waals surface area contributed by atoms with Gasteiger partial charge in [-0.05, 0) is 6.92 Å². The molecule has 0 fully saturated rings. The zero-order valence-corrected chi connectivity index (χ0v) is 8.31. The largest absolute Gasteiger partial charge is 0.354 e. The summed E-state index contributed by atoms with van der Waals surface area (Å²) in [5.41, 5.74) is 0.871. The maximum absolute atomic E-state index is 10.7. The number of carbonyl (C=O) groups is 1. The second-order valence-corrected chi connectivity index (χ2v) is 3.73. The third-order valence-electron chi connectivity index (χ3n) is 1.35. The van der Waals surface area contributed by atoms with Gasteiger partial charge in [0.25, 0.3) is 0 Å². The van der Waals surface area contributed by atoms with Crippen molar-refractivity contribution in [2.75, 3.05) is 19.0 Å². The van der Waals surface area contributed by atoms with Crippen LogP contribution >= 0.6 is 11.3 Å². The molecule has 66 valence electrons. The molecule has 1 aromatic rings. The molecular formula is C8H12N2OS. The number of thiazole rings is 1. The average Bonchev–Trinajstić information content (AvgIpc) is 2.34. The Bertz CT molecular complexity index is 280. The number of anilines is 1. The third kappa shape index (κ3) is 2.30. The van der Waals surface area contributed by atoms with Crippen LogP contribution in [0.5, 0.6) is 0 Å². The summed E-state index contributed by atoms with van der Waals surface area (Å²) in [5, 5.41) is 2.88. The fraction of sp³-hybridized carbons (Fsp3) is 0.500. The van der Waals surface area contributed by atoms with Gasteiger partial charge < -0.3 is 4.90 Å². The molecule has 0 saturated carbocycles. The van der Waals surface area contributed by atoms with E-state index in [-0.39, 0.29) is 5.78 Å². The Morgan fingerprint density at radius 3 is 2.75 bits per heavy atom. The van der Waals surface area contributed by atoms with Gasteiger partial charge in [0.15, 0.2) is 5.13 Å². The van der Waals surface area contributed by atoms with Crippen molar-refractivity contribution in [3.8, 4) is 0 Å². The summed E-state index contributed by atoms with van der Waals surface area (Å²) in [6.45, 7) is 1.58. The summed E-state index contributed by atoms with van der Waals surface area (Å²) in [7, 11) is 3.88. The van der Waals surface area contributed by atoms with Gasteiger partial charge in [-0.3, -0.25) is 4.79 Å². The van der Waals surface area contributed by atoms with Gasteiger partial charge in [-0.1, -0.05) is 0 Å². The Kier molecular flexibility index (Phi) is 2.81. The SMILES string of the molecule is CC(=O)Cc1csc(N(C)C)n1. The van der Waals surface area contributed by atoms with Crippen LogP contribution < -0.4 is 4.90 Å². The Balaban J connectivity index is 2.70. The molecule has 0 aliphatic rings. The van der Waals surface area contributed by atoms with Gasteiger partial charge in [-0.15, -0.1) is 11.3 Å². The zero-order chi connectivity index (χ0) is 9.14. The van der Waals surface area contributed by atoms with E-state index < -0.39 is 0 Å². The first kappa shape index (κ1) is 9.19. The number of aromatic nitrogens is 1. The molecule has 1 heterocycles. The highest BCUT2D eigenvalue weighted by Crippen LogP contribution is 2.17. The molecule has 0 saturated heterocycles. The lowest BCUT2D eigenvalue weighted by Crippen LogP contribution is -2.08. The lowest BCUT2D eigenvalue weighted by atomic mass is 10.3. The minimum Gasteiger partial charge on any atom is -0.354 e. The summed E-state index contributed by atoms with van der Waals surface area (Å²) in [6, 6.07) is 0. The van der Waals surface area contributed by atoms with Crippen LogP contribution in [0.3, 0.4) is 0 Å². The first-order valence-electron chi connectivity index (χ1n) is 3.70. The van der Waals surface area contributed by atoms with E-state index in [9.17, 15) is 4.79 Å². The van der Waals surface area contributed by atoms with Gasteiger partial charge in [0.1, 0.15) is 5.78 Å². The summed E-state index contributed by atoms with van der Waals surface area (Å²) in [5.74, 6) is 0.158. The second kappa shape index (κ2) is 3.67. The summed E-state index contributed by atoms with van der Waals surface area (Å²) >= 11 is 1.56. The van der Waals surface area contributed by atoms with Crippen LogP contribution in [0.2, 0.25) is 0 Å². The molecule has 4 heteroatoms. The number of carbonyl (C=O) groups excluding carboxylic acids is 1. The number of nitrogens with zero attached hydrogens (tertiary/aromatic N) is 2. The van der Waals surface area contributed by atoms with Crippen LogP contribution in [-0.2, 0) is 11.2 Å². The second-order valence-electron chi connectivity index (χ2n) is 2.89. The molecule has 0 aliphatic carbocycles. The molecule has 1 aromatic heterocycles. The average molecular weight is 184 g/mol. The number of hydrogen-bond donors (Lipinski definition) is 0. The smallest absolute Gasteiger partial charge is 0.184 e. The molecule has 0 radical (unpaired) electrons. The predicted molar refractivity (Wildman–Crippen MR) is 50.8 cm³/mol. The molecule has 0 bridgehead atoms. The van der Waals surface area contributed by atoms with E-state index in [4.69, 9.17) is 0 Å². The first-order valence-corrected chi connectivity index (χ1v) is 4.58. The van der Waals surface area contributed by atoms with Gasteiger partial charge in [0.2, 0.25) is 0 Å². The summed E-state index contributed by atoms with van der Waals surface area (Å²) < 4.78 is 0. The summed E-state index contributed by atoms with van der Waals surface area (Å²) in [4.78, 5) is 17.0. The quantitative estimate of drug-likeness (QED) is 0.710. The molecule has 0 atom stereocenters. The molecule has 0 unspecified atom stereocenters. The van der Waals surface area contributed by atoms with Crippen molar-refractivity contribution in [3.05, 3.63) is 11.1 Å². The normalized spacial score (nSPS) is 9.92. The highest BCUT2D eigenvalue weighted by molar-refractivity contribution is 7.13. The molecule has 0 spiro atoms. The fourth-order valence-electron chi connectivity index (χ4n) is 0.838. The van der Waals surface area contributed by atoms with Gasteiger partial charge >= 0.3 is 0 Å². The van der Waals surface area contributed by atoms with E-state index in [2.05, 4.69) is 4.98 Å². The molecule has 1 rings (SSSR count). The van der Waals surface area contributed by atoms with Crippen molar-refractivity contribution in [1.29, 1.82) is 0 Å². The minimum absolute atomic E-state index is 0.158. The number of Topliss-reactive ketones (excluding diaryl/α,β-unsaturated/α-hetero) is 1. The highest BCUT2D eigenvalue weighted by Gasteiger charge is 2.04. The van der Waals surface area contributed by atoms with Crippen LogP contribution in [0, 0.1) is 0 Å². The Morgan fingerprint density at radius 1 is 1.67 bits per heavy atom. The van der Waals surface area contributed by atoms with Gasteiger partial charge in [0, 0.05) is 25.9 Å². The van der Waals surface area contributed by atoms with E-state index >= 15 is 0 Å². The standard InChI is InChI=1S/C8H12N2OS/c1-6(11)4-7-5-12-8(9-7)10(2)3/h5H,4H2,1-3H3. The molecule has 12 heavy (non-hydrogen) atoms. The van der Waals surface area contributed by atoms with Crippen molar-refractivity contribution in [2.45, 2.75) is 13.3 Å². The lowest BCUT2D eigenvalue weighted by molar-refractivity contribution is -0.116. The maximum Gasteiger partial charge on any atom is 0.184 e. The molecular weight excluding hydrogens is 172 g/mol. The van der Waals surface area contributed by atoms with E-state index in [1.165, 1.54) is 0 Å². The Morgan fingerprint density at radius 2 is 2.33 bits per heavy atom. The molecule has 0 aromatic carbocycles. The van der Waals surface area contributed by atoms with Crippen molar-refractivity contribution >= 4 is 22.3 Å². The van der Waals surface area contributed by atoms with Gasteiger partial charge in [-0.2, -0.15) is 0 Å². The number of hydrogen-bond acceptors (Lipinski definition) is 4. The number of rotatable bonds is 3. The van der Waals surface area contributed by atoms with Crippen LogP contribution in [0.4, 0.5) is 5.13 Å². The summed E-state index contributed by atoms with van der Waals surface area (Å²) in [6.07, 6.45) is 0.449. The van der Waals surface area contributed by atoms with E-state index in [0.717, 1.165) is 10.8 Å². The molecule has 0 aliphatic heterocycles. The number of ketones is 1. The van der Waals surface area contributed by atoms with Crippen molar-refractivity contribution in [2.24, 2.45) is 0 Å². The molecule has 3 nitrogen and oxygen atoms in total. The minimum atomic E-state index is 0.158. The van der Waals surface area contributed by atoms with Crippen LogP contribution in [0.25, 0.3) is 0 Å². The van der Waals surface area contributed by atoms with Crippen LogP contribution in [0.15, 0.2) is 5.38 Å². The topological polar surface area (TPSA) is 33.2 Å². The van der Waals surface area contributed by atoms with Gasteiger partial charge in [0.05, 0.1) is 5.69 Å². The Hall–Kier alpha value is -0.900. The third-order valence-corrected chi connectivity index (χ3v) is 2.41. The van der Waals surface area contributed by atoms with Crippen LogP contribution in [-0.4, -0.2) is 24.9 Å². The Labute approximate surface area is 76.0 Å². The lowest BCUT2D eigenvalue weighted by Gasteiger charge is -2.05. The first-order chi connectivity index (χ1) is 5.59. The maximum atomic E-state index is 10.7. The van der Waals surface area contributed by atoms with E-state index in [1.807, 2.05) is 24.4 Å². The molecule has 0 amide bonds. The van der Waals surface area contributed by atoms with Gasteiger partial charge in [-0.25, -0.2) is 4.98 Å². The van der Waals surface area contributed by atoms with Crippen LogP contribution in [0.1, 0.15) is 12.6 Å². The highest BCUT2D eigenvalue weighted by atomic mass is 32.1. The van der Waals surface area contributed by atoms with E-state index in [1.54, 1.807) is 18.3 Å².